The van der Waals surface area contributed by atoms with E-state index >= 15 is 0 Å². The van der Waals surface area contributed by atoms with E-state index in [4.69, 9.17) is 4.42 Å². The second kappa shape index (κ2) is 10.3. The van der Waals surface area contributed by atoms with Crippen LogP contribution in [0.4, 0.5) is 5.69 Å². The van der Waals surface area contributed by atoms with E-state index in [2.05, 4.69) is 38.4 Å². The molecule has 0 bridgehead atoms. The number of fused-ring (bicyclic) bond motifs is 2. The molecule has 0 unspecified atom stereocenters. The summed E-state index contributed by atoms with van der Waals surface area (Å²) in [5.41, 5.74) is 4.85. The third kappa shape index (κ3) is 5.15. The van der Waals surface area contributed by atoms with Crippen molar-refractivity contribution in [2.75, 3.05) is 37.6 Å². The maximum atomic E-state index is 12.4. The number of carbonyl (C=O) groups excluding carboxylic acids is 2. The lowest BCUT2D eigenvalue weighted by molar-refractivity contribution is -0.121. The molecule has 1 saturated heterocycles. The van der Waals surface area contributed by atoms with Gasteiger partial charge in [-0.3, -0.25) is 19.8 Å². The highest BCUT2D eigenvalue weighted by Gasteiger charge is 2.31. The summed E-state index contributed by atoms with van der Waals surface area (Å²) in [4.78, 5) is 32.5. The molecule has 6 rings (SSSR count). The molecule has 0 spiro atoms. The Balaban J connectivity index is 0.983. The van der Waals surface area contributed by atoms with Gasteiger partial charge in [0.25, 0.3) is 5.91 Å². The first-order valence-corrected chi connectivity index (χ1v) is 13.4. The Hall–Kier alpha value is -4.09. The maximum Gasteiger partial charge on any atom is 0.293 e. The van der Waals surface area contributed by atoms with Gasteiger partial charge >= 0.3 is 0 Å². The molecule has 2 aromatic carbocycles. The number of aromatic amines is 1. The van der Waals surface area contributed by atoms with Gasteiger partial charge in [-0.25, -0.2) is 0 Å². The fourth-order valence-corrected chi connectivity index (χ4v) is 5.30. The first kappa shape index (κ1) is 24.3. The van der Waals surface area contributed by atoms with E-state index in [9.17, 15) is 14.9 Å². The molecule has 194 valence electrons. The normalized spacial score (nSPS) is 16.1. The van der Waals surface area contributed by atoms with Crippen molar-refractivity contribution in [2.45, 2.75) is 32.1 Å². The van der Waals surface area contributed by atoms with Crippen molar-refractivity contribution in [3.63, 3.8) is 0 Å². The molecule has 8 nitrogen and oxygen atoms in total. The van der Waals surface area contributed by atoms with E-state index in [-0.39, 0.29) is 17.6 Å². The molecule has 2 aliphatic rings. The van der Waals surface area contributed by atoms with E-state index in [1.165, 1.54) is 5.56 Å². The minimum atomic E-state index is -0.468. The van der Waals surface area contributed by atoms with Crippen molar-refractivity contribution in [3.05, 3.63) is 65.5 Å². The van der Waals surface area contributed by atoms with Crippen LogP contribution in [-0.2, 0) is 11.2 Å². The second-order valence-corrected chi connectivity index (χ2v) is 10.4. The first-order valence-electron chi connectivity index (χ1n) is 13.4. The number of hydrogen-bond acceptors (Lipinski definition) is 6. The predicted octanol–water partition coefficient (Wildman–Crippen LogP) is 4.60. The molecule has 1 aliphatic carbocycles. The van der Waals surface area contributed by atoms with Crippen LogP contribution in [0.2, 0.25) is 0 Å². The van der Waals surface area contributed by atoms with Crippen molar-refractivity contribution in [2.24, 2.45) is 5.92 Å². The Morgan fingerprint density at radius 1 is 1.05 bits per heavy atom. The van der Waals surface area contributed by atoms with Crippen LogP contribution < -0.4 is 10.2 Å². The zero-order valence-electron chi connectivity index (χ0n) is 21.3. The molecule has 1 aliphatic heterocycles. The number of aromatic nitrogens is 1. The van der Waals surface area contributed by atoms with Crippen molar-refractivity contribution in [3.8, 4) is 6.07 Å². The van der Waals surface area contributed by atoms with Gasteiger partial charge in [-0.1, -0.05) is 0 Å². The van der Waals surface area contributed by atoms with Gasteiger partial charge in [0, 0.05) is 60.3 Å². The van der Waals surface area contributed by atoms with Crippen LogP contribution in [0, 0.1) is 17.2 Å². The monoisotopic (exact) mass is 509 g/mol. The topological polar surface area (TPSA) is 105 Å². The number of H-pyrrole nitrogens is 1. The number of unbranched alkanes of at least 4 members (excludes halogenated alkanes) is 1. The van der Waals surface area contributed by atoms with Crippen molar-refractivity contribution >= 4 is 39.4 Å². The van der Waals surface area contributed by atoms with Gasteiger partial charge in [0.2, 0.25) is 5.91 Å². The summed E-state index contributed by atoms with van der Waals surface area (Å²) in [6.45, 7) is 5.01. The van der Waals surface area contributed by atoms with Crippen LogP contribution in [0.25, 0.3) is 21.9 Å². The number of piperazine rings is 1. The minimum Gasteiger partial charge on any atom is -0.451 e. The van der Waals surface area contributed by atoms with Gasteiger partial charge in [-0.15, -0.1) is 0 Å². The van der Waals surface area contributed by atoms with Gasteiger partial charge < -0.3 is 14.3 Å². The predicted molar refractivity (Wildman–Crippen MR) is 146 cm³/mol. The summed E-state index contributed by atoms with van der Waals surface area (Å²) in [5.74, 6) is -0.521. The Kier molecular flexibility index (Phi) is 6.61. The average molecular weight is 510 g/mol. The summed E-state index contributed by atoms with van der Waals surface area (Å²) in [6.07, 6.45) is 7.04. The molecule has 2 aromatic heterocycles. The van der Waals surface area contributed by atoms with Crippen LogP contribution in [0.15, 0.2) is 53.1 Å². The highest BCUT2D eigenvalue weighted by molar-refractivity contribution is 6.06. The largest absolute Gasteiger partial charge is 0.451 e. The molecule has 4 aromatic rings. The van der Waals surface area contributed by atoms with E-state index in [0.29, 0.717) is 11.1 Å². The van der Waals surface area contributed by atoms with Gasteiger partial charge in [0.05, 0.1) is 11.6 Å². The fourth-order valence-electron chi connectivity index (χ4n) is 5.30. The standard InChI is InChI=1S/C30H31N5O3/c31-18-20-4-8-26-25(15-20)22(19-32-26)3-1-2-10-34-11-13-35(14-12-34)24-7-9-27-23(16-24)17-28(38-27)30(37)33-29(36)21-5-6-21/h4,7-9,15-17,19,21,32H,1-3,5-6,10-14H2,(H,33,36,37). The molecule has 2 N–H and O–H groups in total. The number of furan rings is 1. The van der Waals surface area contributed by atoms with Gasteiger partial charge in [0.1, 0.15) is 5.58 Å². The number of imide groups is 1. The molecule has 0 radical (unpaired) electrons. The van der Waals surface area contributed by atoms with Crippen molar-refractivity contribution < 1.29 is 14.0 Å². The fraction of sp³-hybridized carbons (Fsp3) is 0.367. The number of nitrogens with zero attached hydrogens (tertiary/aromatic N) is 3. The average Bonchev–Trinajstić information content (AvgIpc) is 3.59. The van der Waals surface area contributed by atoms with E-state index in [1.807, 2.05) is 30.3 Å². The van der Waals surface area contributed by atoms with E-state index < -0.39 is 5.91 Å². The molecule has 3 heterocycles. The van der Waals surface area contributed by atoms with Gasteiger partial charge in [-0.05, 0) is 86.7 Å². The van der Waals surface area contributed by atoms with E-state index in [1.54, 1.807) is 6.07 Å². The molecule has 2 fully saturated rings. The van der Waals surface area contributed by atoms with Crippen LogP contribution in [0.3, 0.4) is 0 Å². The van der Waals surface area contributed by atoms with Crippen LogP contribution >= 0.6 is 0 Å². The summed E-state index contributed by atoms with van der Waals surface area (Å²) < 4.78 is 5.70. The highest BCUT2D eigenvalue weighted by Crippen LogP contribution is 2.30. The molecule has 38 heavy (non-hydrogen) atoms. The summed E-state index contributed by atoms with van der Waals surface area (Å²) >= 11 is 0. The zero-order chi connectivity index (χ0) is 26.1. The number of hydrogen-bond donors (Lipinski definition) is 2. The molecular formula is C30H31N5O3. The third-order valence-electron chi connectivity index (χ3n) is 7.71. The van der Waals surface area contributed by atoms with Crippen LogP contribution in [0.5, 0.6) is 0 Å². The lowest BCUT2D eigenvalue weighted by Crippen LogP contribution is -2.46. The number of rotatable bonds is 8. The SMILES string of the molecule is N#Cc1ccc2[nH]cc(CCCCN3CCN(c4ccc5oc(C(=O)NC(=O)C6CC6)cc5c4)CC3)c2c1. The zero-order valence-corrected chi connectivity index (χ0v) is 21.3. The van der Waals surface area contributed by atoms with Crippen molar-refractivity contribution in [1.82, 2.24) is 15.2 Å². The number of nitrogens with one attached hydrogen (secondary N) is 2. The highest BCUT2D eigenvalue weighted by atomic mass is 16.3. The number of aryl methyl sites for hydroxylation is 1. The van der Waals surface area contributed by atoms with E-state index in [0.717, 1.165) is 86.8 Å². The quantitative estimate of drug-likeness (QED) is 0.266. The minimum absolute atomic E-state index is 0.0215. The Labute approximate surface area is 221 Å². The lowest BCUT2D eigenvalue weighted by Gasteiger charge is -2.36. The molecule has 0 atom stereocenters. The number of benzene rings is 2. The Bertz CT molecular complexity index is 1530. The molecular weight excluding hydrogens is 478 g/mol. The number of anilines is 1. The molecule has 2 amide bonds. The van der Waals surface area contributed by atoms with Crippen LogP contribution in [0.1, 0.15) is 47.4 Å². The molecule has 1 saturated carbocycles. The maximum absolute atomic E-state index is 12.4. The summed E-state index contributed by atoms with van der Waals surface area (Å²) in [5, 5.41) is 13.7. The number of nitriles is 1. The van der Waals surface area contributed by atoms with Gasteiger partial charge in [0.15, 0.2) is 5.76 Å². The second-order valence-electron chi connectivity index (χ2n) is 10.4. The number of carbonyl (C=O) groups is 2. The van der Waals surface area contributed by atoms with Crippen LogP contribution in [-0.4, -0.2) is 54.4 Å². The number of amides is 2. The Morgan fingerprint density at radius 3 is 2.68 bits per heavy atom. The molecule has 8 heteroatoms. The summed E-state index contributed by atoms with van der Waals surface area (Å²) in [7, 11) is 0. The van der Waals surface area contributed by atoms with Crippen molar-refractivity contribution in [1.29, 1.82) is 5.26 Å². The third-order valence-corrected chi connectivity index (χ3v) is 7.71. The first-order chi connectivity index (χ1) is 18.6. The Morgan fingerprint density at radius 2 is 1.89 bits per heavy atom. The summed E-state index contributed by atoms with van der Waals surface area (Å²) in [6, 6.07) is 15.8. The smallest absolute Gasteiger partial charge is 0.293 e. The van der Waals surface area contributed by atoms with Gasteiger partial charge in [-0.2, -0.15) is 5.26 Å². The lowest BCUT2D eigenvalue weighted by atomic mass is 10.1.